The number of hydrogen-bond acceptors (Lipinski definition) is 0. The van der Waals surface area contributed by atoms with E-state index >= 15 is 0 Å². The summed E-state index contributed by atoms with van der Waals surface area (Å²) < 4.78 is 0. The van der Waals surface area contributed by atoms with Gasteiger partial charge in [-0.3, -0.25) is 0 Å². The van der Waals surface area contributed by atoms with Crippen molar-refractivity contribution < 1.29 is 0 Å². The van der Waals surface area contributed by atoms with Crippen LogP contribution in [-0.2, 0) is 0 Å². The van der Waals surface area contributed by atoms with Crippen LogP contribution in [0.3, 0.4) is 0 Å². The van der Waals surface area contributed by atoms with Crippen LogP contribution >= 0.6 is 11.6 Å². The predicted octanol–water partition coefficient (Wildman–Crippen LogP) is 6.11. The molecule has 0 radical (unpaired) electrons. The average molecular weight is 279 g/mol. The van der Waals surface area contributed by atoms with Crippen molar-refractivity contribution in [2.24, 2.45) is 0 Å². The van der Waals surface area contributed by atoms with E-state index in [1.807, 2.05) is 18.2 Å². The zero-order chi connectivity index (χ0) is 14.1. The van der Waals surface area contributed by atoms with Gasteiger partial charge in [0.25, 0.3) is 0 Å². The summed E-state index contributed by atoms with van der Waals surface area (Å²) in [4.78, 5) is 0. The largest absolute Gasteiger partial charge is 0.0984 e. The molecule has 0 atom stereocenters. The summed E-state index contributed by atoms with van der Waals surface area (Å²) in [7, 11) is 0. The Bertz CT molecular complexity index is 783. The number of benzene rings is 3. The van der Waals surface area contributed by atoms with Crippen LogP contribution in [0.2, 0.25) is 5.02 Å². The lowest BCUT2D eigenvalue weighted by Crippen LogP contribution is -1.90. The summed E-state index contributed by atoms with van der Waals surface area (Å²) in [5.41, 5.74) is 4.83. The second-order valence-corrected chi connectivity index (χ2v) is 5.35. The first-order valence-electron chi connectivity index (χ1n) is 6.61. The molecule has 0 heterocycles. The highest BCUT2D eigenvalue weighted by atomic mass is 35.5. The van der Waals surface area contributed by atoms with E-state index in [9.17, 15) is 0 Å². The van der Waals surface area contributed by atoms with Gasteiger partial charge in [0.15, 0.2) is 0 Å². The van der Waals surface area contributed by atoms with E-state index in [1.54, 1.807) is 0 Å². The van der Waals surface area contributed by atoms with Gasteiger partial charge in [0.1, 0.15) is 0 Å². The average Bonchev–Trinajstić information content (AvgIpc) is 2.47. The van der Waals surface area contributed by atoms with Crippen molar-refractivity contribution in [3.63, 3.8) is 0 Å². The Kier molecular flexibility index (Phi) is 3.33. The van der Waals surface area contributed by atoms with Crippen LogP contribution in [0.1, 0.15) is 11.1 Å². The smallest absolute Gasteiger partial charge is 0.0406 e. The van der Waals surface area contributed by atoms with Crippen LogP contribution in [0.15, 0.2) is 61.2 Å². The molecule has 0 nitrogen and oxygen atoms in total. The lowest BCUT2D eigenvalue weighted by Gasteiger charge is -2.14. The predicted molar refractivity (Wildman–Crippen MR) is 89.2 cm³/mol. The molecule has 0 N–H and O–H groups in total. The van der Waals surface area contributed by atoms with E-state index in [4.69, 9.17) is 11.6 Å². The summed E-state index contributed by atoms with van der Waals surface area (Å²) >= 11 is 6.00. The number of hydrogen-bond donors (Lipinski definition) is 0. The highest BCUT2D eigenvalue weighted by molar-refractivity contribution is 6.30. The van der Waals surface area contributed by atoms with Gasteiger partial charge in [-0.15, -0.1) is 0 Å². The van der Waals surface area contributed by atoms with Gasteiger partial charge in [-0.25, -0.2) is 0 Å². The first kappa shape index (κ1) is 13.0. The molecule has 0 unspecified atom stereocenters. The van der Waals surface area contributed by atoms with Crippen LogP contribution in [0, 0.1) is 6.92 Å². The van der Waals surface area contributed by atoms with Crippen molar-refractivity contribution in [1.82, 2.24) is 0 Å². The third kappa shape index (κ3) is 2.13. The van der Waals surface area contributed by atoms with Crippen LogP contribution in [0.4, 0.5) is 0 Å². The van der Waals surface area contributed by atoms with Crippen molar-refractivity contribution in [2.75, 3.05) is 0 Å². The number of halogens is 1. The minimum absolute atomic E-state index is 0.755. The fraction of sp³-hybridized carbons (Fsp3) is 0.0526. The lowest BCUT2D eigenvalue weighted by molar-refractivity contribution is 1.47. The fourth-order valence-electron chi connectivity index (χ4n) is 2.69. The molecule has 0 aliphatic rings. The van der Waals surface area contributed by atoms with E-state index in [0.29, 0.717) is 0 Å². The summed E-state index contributed by atoms with van der Waals surface area (Å²) in [5.74, 6) is 0. The molecular weight excluding hydrogens is 264 g/mol. The number of fused-ring (bicyclic) bond motifs is 1. The highest BCUT2D eigenvalue weighted by Gasteiger charge is 2.10. The molecule has 0 saturated heterocycles. The molecule has 0 aromatic heterocycles. The molecule has 3 aromatic rings. The second-order valence-electron chi connectivity index (χ2n) is 4.91. The second kappa shape index (κ2) is 5.15. The Morgan fingerprint density at radius 2 is 1.70 bits per heavy atom. The summed E-state index contributed by atoms with van der Waals surface area (Å²) in [6, 6.07) is 18.7. The number of rotatable bonds is 2. The molecule has 0 saturated carbocycles. The molecule has 0 fully saturated rings. The van der Waals surface area contributed by atoms with Crippen molar-refractivity contribution in [3.8, 4) is 11.1 Å². The molecule has 0 aliphatic heterocycles. The highest BCUT2D eigenvalue weighted by Crippen LogP contribution is 2.35. The van der Waals surface area contributed by atoms with E-state index in [1.165, 1.54) is 33.0 Å². The first-order chi connectivity index (χ1) is 9.70. The molecule has 98 valence electrons. The molecule has 3 rings (SSSR count). The van der Waals surface area contributed by atoms with Gasteiger partial charge in [0.05, 0.1) is 0 Å². The molecule has 3 aromatic carbocycles. The normalized spacial score (nSPS) is 10.7. The maximum atomic E-state index is 6.00. The maximum Gasteiger partial charge on any atom is 0.0406 e. The van der Waals surface area contributed by atoms with Gasteiger partial charge in [0.2, 0.25) is 0 Å². The van der Waals surface area contributed by atoms with Gasteiger partial charge < -0.3 is 0 Å². The minimum atomic E-state index is 0.755. The molecule has 1 heteroatoms. The van der Waals surface area contributed by atoms with E-state index in [0.717, 1.165) is 5.02 Å². The van der Waals surface area contributed by atoms with Crippen LogP contribution in [0.5, 0.6) is 0 Å². The topological polar surface area (TPSA) is 0 Å². The van der Waals surface area contributed by atoms with E-state index in [2.05, 4.69) is 56.0 Å². The van der Waals surface area contributed by atoms with Crippen LogP contribution < -0.4 is 0 Å². The van der Waals surface area contributed by atoms with E-state index in [-0.39, 0.29) is 0 Å². The van der Waals surface area contributed by atoms with Crippen LogP contribution in [0.25, 0.3) is 28.0 Å². The summed E-state index contributed by atoms with van der Waals surface area (Å²) in [6.07, 6.45) is 1.94. The Labute approximate surface area is 124 Å². The van der Waals surface area contributed by atoms with E-state index < -0.39 is 0 Å². The van der Waals surface area contributed by atoms with Gasteiger partial charge in [-0.05, 0) is 52.1 Å². The van der Waals surface area contributed by atoms with Gasteiger partial charge >= 0.3 is 0 Å². The molecule has 0 amide bonds. The zero-order valence-corrected chi connectivity index (χ0v) is 12.1. The van der Waals surface area contributed by atoms with Crippen molar-refractivity contribution in [1.29, 1.82) is 0 Å². The maximum absolute atomic E-state index is 6.00. The lowest BCUT2D eigenvalue weighted by atomic mass is 9.90. The zero-order valence-electron chi connectivity index (χ0n) is 11.4. The Hall–Kier alpha value is -2.05. The molecule has 20 heavy (non-hydrogen) atoms. The van der Waals surface area contributed by atoms with Crippen molar-refractivity contribution in [3.05, 3.63) is 77.3 Å². The van der Waals surface area contributed by atoms with Gasteiger partial charge in [-0.2, -0.15) is 0 Å². The number of aryl methyl sites for hydroxylation is 1. The first-order valence-corrected chi connectivity index (χ1v) is 6.99. The standard InChI is InChI=1S/C19H15Cl/c1-3-17-13(2)12-15-6-4-5-7-18(15)19(17)14-8-10-16(20)11-9-14/h3-12H,1H2,2H3. The third-order valence-electron chi connectivity index (χ3n) is 3.63. The minimum Gasteiger partial charge on any atom is -0.0984 e. The fourth-order valence-corrected chi connectivity index (χ4v) is 2.82. The van der Waals surface area contributed by atoms with Crippen molar-refractivity contribution in [2.45, 2.75) is 6.92 Å². The SMILES string of the molecule is C=Cc1c(C)cc2ccccc2c1-c1ccc(Cl)cc1. The van der Waals surface area contributed by atoms with Gasteiger partial charge in [-0.1, -0.05) is 66.7 Å². The van der Waals surface area contributed by atoms with Gasteiger partial charge in [0, 0.05) is 5.02 Å². The third-order valence-corrected chi connectivity index (χ3v) is 3.89. The Morgan fingerprint density at radius 3 is 2.40 bits per heavy atom. The molecule has 0 spiro atoms. The quantitative estimate of drug-likeness (QED) is 0.530. The molecule has 0 aliphatic carbocycles. The van der Waals surface area contributed by atoms with Crippen LogP contribution in [-0.4, -0.2) is 0 Å². The molecule has 0 bridgehead atoms. The molecular formula is C19H15Cl. The summed E-state index contributed by atoms with van der Waals surface area (Å²) in [6.45, 7) is 6.10. The monoisotopic (exact) mass is 278 g/mol. The summed E-state index contributed by atoms with van der Waals surface area (Å²) in [5, 5.41) is 3.25. The Balaban J connectivity index is 2.42. The van der Waals surface area contributed by atoms with Crippen molar-refractivity contribution >= 4 is 28.4 Å². The Morgan fingerprint density at radius 1 is 1.00 bits per heavy atom.